The number of nitrogens with one attached hydrogen (secondary N) is 2. The van der Waals surface area contributed by atoms with E-state index in [0.717, 1.165) is 46.9 Å². The number of thioether (sulfide) groups is 1. The van der Waals surface area contributed by atoms with Gasteiger partial charge >= 0.3 is 0 Å². The van der Waals surface area contributed by atoms with Gasteiger partial charge in [0.15, 0.2) is 0 Å². The van der Waals surface area contributed by atoms with Gasteiger partial charge in [-0.3, -0.25) is 4.79 Å². The van der Waals surface area contributed by atoms with Gasteiger partial charge in [-0.25, -0.2) is 4.68 Å². The Labute approximate surface area is 233 Å². The molecule has 39 heavy (non-hydrogen) atoms. The summed E-state index contributed by atoms with van der Waals surface area (Å²) >= 11 is 1.63. The zero-order chi connectivity index (χ0) is 27.2. The standard InChI is InChI=1S/C31H33N5O2S/c1-4-5-19-39-31-34-30-32-22(3)27(29(37)33-25-9-7-6-8-10-25)28(36(30)35-31)24-15-17-26(18-16-24)38-20-23-13-11-21(2)12-14-23/h6-18,28H,4-5,19-20H2,1-3H3,(H,33,37)(H,32,34,35). The number of ether oxygens (including phenoxy) is 1. The lowest BCUT2D eigenvalue weighted by Crippen LogP contribution is -2.31. The summed E-state index contributed by atoms with van der Waals surface area (Å²) < 4.78 is 7.86. The molecule has 4 aromatic rings. The minimum Gasteiger partial charge on any atom is -0.489 e. The van der Waals surface area contributed by atoms with Crippen molar-refractivity contribution in [1.29, 1.82) is 0 Å². The molecule has 0 spiro atoms. The first-order valence-electron chi connectivity index (χ1n) is 13.2. The van der Waals surface area contributed by atoms with Crippen LogP contribution in [0.25, 0.3) is 0 Å². The van der Waals surface area contributed by atoms with E-state index in [1.807, 2.05) is 66.2 Å². The van der Waals surface area contributed by atoms with Gasteiger partial charge in [-0.15, -0.1) is 5.10 Å². The number of amides is 1. The van der Waals surface area contributed by atoms with E-state index in [2.05, 4.69) is 48.7 Å². The van der Waals surface area contributed by atoms with Crippen molar-refractivity contribution in [2.45, 2.75) is 51.4 Å². The van der Waals surface area contributed by atoms with Crippen LogP contribution in [0.2, 0.25) is 0 Å². The number of fused-ring (bicyclic) bond motifs is 1. The first kappa shape index (κ1) is 26.6. The molecule has 0 radical (unpaired) electrons. The van der Waals surface area contributed by atoms with Crippen LogP contribution < -0.4 is 15.4 Å². The fraction of sp³-hybridized carbons (Fsp3) is 0.258. The van der Waals surface area contributed by atoms with Crippen molar-refractivity contribution in [1.82, 2.24) is 14.8 Å². The second-order valence-electron chi connectivity index (χ2n) is 9.59. The maximum absolute atomic E-state index is 13.6. The van der Waals surface area contributed by atoms with Crippen LogP contribution in [0.3, 0.4) is 0 Å². The fourth-order valence-corrected chi connectivity index (χ4v) is 5.33. The zero-order valence-corrected chi connectivity index (χ0v) is 23.3. The molecule has 1 atom stereocenters. The third-order valence-corrected chi connectivity index (χ3v) is 7.48. The number of carbonyl (C=O) groups is 1. The van der Waals surface area contributed by atoms with Crippen LogP contribution in [0, 0.1) is 6.92 Å². The third kappa shape index (κ3) is 6.34. The predicted octanol–water partition coefficient (Wildman–Crippen LogP) is 6.99. The van der Waals surface area contributed by atoms with E-state index in [1.165, 1.54) is 5.56 Å². The summed E-state index contributed by atoms with van der Waals surface area (Å²) in [6, 6.07) is 25.2. The van der Waals surface area contributed by atoms with Crippen molar-refractivity contribution in [3.05, 3.63) is 107 Å². The molecule has 0 bridgehead atoms. The summed E-state index contributed by atoms with van der Waals surface area (Å²) in [7, 11) is 0. The number of hydrogen-bond donors (Lipinski definition) is 2. The van der Waals surface area contributed by atoms with Gasteiger partial charge in [0.2, 0.25) is 11.1 Å². The van der Waals surface area contributed by atoms with E-state index < -0.39 is 6.04 Å². The Balaban J connectivity index is 1.43. The molecule has 8 heteroatoms. The highest BCUT2D eigenvalue weighted by molar-refractivity contribution is 7.99. The average molecular weight is 540 g/mol. The molecule has 1 unspecified atom stereocenters. The van der Waals surface area contributed by atoms with E-state index >= 15 is 0 Å². The van der Waals surface area contributed by atoms with Gasteiger partial charge in [0.05, 0.1) is 5.57 Å². The molecule has 1 aliphatic heterocycles. The Morgan fingerprint density at radius 3 is 2.49 bits per heavy atom. The molecule has 0 fully saturated rings. The summed E-state index contributed by atoms with van der Waals surface area (Å²) in [6.45, 7) is 6.64. The maximum atomic E-state index is 13.6. The van der Waals surface area contributed by atoms with Crippen molar-refractivity contribution in [2.24, 2.45) is 0 Å². The first-order valence-corrected chi connectivity index (χ1v) is 14.2. The number of rotatable bonds is 10. The van der Waals surface area contributed by atoms with E-state index in [-0.39, 0.29) is 5.91 Å². The van der Waals surface area contributed by atoms with Gasteiger partial charge in [0.1, 0.15) is 18.4 Å². The quantitative estimate of drug-likeness (QED) is 0.167. The number of carbonyl (C=O) groups excluding carboxylic acids is 1. The van der Waals surface area contributed by atoms with Crippen molar-refractivity contribution < 1.29 is 9.53 Å². The molecule has 1 aromatic heterocycles. The number of nitrogens with zero attached hydrogens (tertiary/aromatic N) is 3. The Kier molecular flexibility index (Phi) is 8.32. The highest BCUT2D eigenvalue weighted by Gasteiger charge is 2.34. The Morgan fingerprint density at radius 2 is 1.77 bits per heavy atom. The molecule has 7 nitrogen and oxygen atoms in total. The molecule has 5 rings (SSSR count). The SMILES string of the molecule is CCCCSc1nc2n(n1)C(c1ccc(OCc3ccc(C)cc3)cc1)C(C(=O)Nc1ccccc1)=C(C)N2. The van der Waals surface area contributed by atoms with Gasteiger partial charge in [0.25, 0.3) is 5.91 Å². The summed E-state index contributed by atoms with van der Waals surface area (Å²) in [5.41, 5.74) is 5.34. The van der Waals surface area contributed by atoms with Crippen molar-refractivity contribution in [3.63, 3.8) is 0 Å². The number of allylic oxidation sites excluding steroid dienone is 1. The number of para-hydroxylation sites is 1. The van der Waals surface area contributed by atoms with Crippen LogP contribution >= 0.6 is 11.8 Å². The van der Waals surface area contributed by atoms with Gasteiger partial charge in [-0.2, -0.15) is 4.98 Å². The van der Waals surface area contributed by atoms with Crippen LogP contribution in [-0.2, 0) is 11.4 Å². The molecule has 0 aliphatic carbocycles. The van der Waals surface area contributed by atoms with E-state index in [4.69, 9.17) is 14.8 Å². The Bertz CT molecular complexity index is 1450. The van der Waals surface area contributed by atoms with Crippen LogP contribution in [0.4, 0.5) is 11.6 Å². The molecule has 1 amide bonds. The lowest BCUT2D eigenvalue weighted by Gasteiger charge is -2.28. The number of unbranched alkanes of at least 4 members (excludes halogenated alkanes) is 1. The summed E-state index contributed by atoms with van der Waals surface area (Å²) in [4.78, 5) is 18.4. The Morgan fingerprint density at radius 1 is 1.03 bits per heavy atom. The average Bonchev–Trinajstić information content (AvgIpc) is 3.35. The molecular weight excluding hydrogens is 506 g/mol. The van der Waals surface area contributed by atoms with Gasteiger partial charge in [0, 0.05) is 17.1 Å². The summed E-state index contributed by atoms with van der Waals surface area (Å²) in [5, 5.41) is 11.9. The number of anilines is 2. The maximum Gasteiger partial charge on any atom is 0.255 e. The normalized spacial score (nSPS) is 14.5. The number of aromatic nitrogens is 3. The minimum atomic E-state index is -0.441. The summed E-state index contributed by atoms with van der Waals surface area (Å²) in [5.74, 6) is 2.16. The van der Waals surface area contributed by atoms with Gasteiger partial charge in [-0.1, -0.05) is 85.3 Å². The number of benzene rings is 3. The predicted molar refractivity (Wildman–Crippen MR) is 157 cm³/mol. The van der Waals surface area contributed by atoms with Crippen LogP contribution in [0.5, 0.6) is 5.75 Å². The van der Waals surface area contributed by atoms with Crippen LogP contribution in [0.1, 0.15) is 49.4 Å². The molecule has 2 heterocycles. The molecule has 3 aromatic carbocycles. The molecule has 200 valence electrons. The van der Waals surface area contributed by atoms with Crippen molar-refractivity contribution >= 4 is 29.3 Å². The highest BCUT2D eigenvalue weighted by Crippen LogP contribution is 2.37. The zero-order valence-electron chi connectivity index (χ0n) is 22.5. The lowest BCUT2D eigenvalue weighted by atomic mass is 9.95. The van der Waals surface area contributed by atoms with E-state index in [0.29, 0.717) is 23.3 Å². The van der Waals surface area contributed by atoms with Crippen molar-refractivity contribution in [2.75, 3.05) is 16.4 Å². The monoisotopic (exact) mass is 539 g/mol. The van der Waals surface area contributed by atoms with Gasteiger partial charge < -0.3 is 15.4 Å². The molecule has 0 saturated heterocycles. The van der Waals surface area contributed by atoms with Gasteiger partial charge in [-0.05, 0) is 55.7 Å². The lowest BCUT2D eigenvalue weighted by molar-refractivity contribution is -0.113. The molecule has 2 N–H and O–H groups in total. The van der Waals surface area contributed by atoms with Crippen molar-refractivity contribution in [3.8, 4) is 5.75 Å². The number of hydrogen-bond acceptors (Lipinski definition) is 6. The minimum absolute atomic E-state index is 0.183. The third-order valence-electron chi connectivity index (χ3n) is 6.56. The van der Waals surface area contributed by atoms with Crippen LogP contribution in [0.15, 0.2) is 95.3 Å². The summed E-state index contributed by atoms with van der Waals surface area (Å²) in [6.07, 6.45) is 2.21. The second kappa shape index (κ2) is 12.2. The number of aryl methyl sites for hydroxylation is 1. The van der Waals surface area contributed by atoms with E-state index in [1.54, 1.807) is 11.8 Å². The van der Waals surface area contributed by atoms with E-state index in [9.17, 15) is 4.79 Å². The molecule has 0 saturated carbocycles. The fourth-order valence-electron chi connectivity index (χ4n) is 4.42. The first-order chi connectivity index (χ1) is 19.0. The smallest absolute Gasteiger partial charge is 0.255 e. The highest BCUT2D eigenvalue weighted by atomic mass is 32.2. The molecular formula is C31H33N5O2S. The molecule has 1 aliphatic rings. The second-order valence-corrected chi connectivity index (χ2v) is 10.7. The largest absolute Gasteiger partial charge is 0.489 e. The Hall–Kier alpha value is -4.04. The van der Waals surface area contributed by atoms with Crippen LogP contribution in [-0.4, -0.2) is 26.4 Å². The topological polar surface area (TPSA) is 81.1 Å².